The zero-order valence-electron chi connectivity index (χ0n) is 10.3. The average Bonchev–Trinajstić information content (AvgIpc) is 3.00. The van der Waals surface area contributed by atoms with Crippen LogP contribution in [-0.2, 0) is 6.54 Å². The van der Waals surface area contributed by atoms with Gasteiger partial charge in [-0.15, -0.1) is 0 Å². The second-order valence-electron chi connectivity index (χ2n) is 4.90. The Kier molecular flexibility index (Phi) is 3.61. The fourth-order valence-corrected chi connectivity index (χ4v) is 2.23. The Hall–Kier alpha value is -0.870. The first kappa shape index (κ1) is 11.6. The Morgan fingerprint density at radius 3 is 2.88 bits per heavy atom. The van der Waals surface area contributed by atoms with Crippen LogP contribution in [-0.4, -0.2) is 40.9 Å². The molecule has 4 nitrogen and oxygen atoms in total. The Bertz CT molecular complexity index is 330. The summed E-state index contributed by atoms with van der Waals surface area (Å²) in [7, 11) is 2.17. The van der Waals surface area contributed by atoms with Gasteiger partial charge in [0.05, 0.1) is 12.7 Å². The standard InChI is InChI=1S/C12H22N4/c1-10-8-14-16(9-10)6-5-15(2)12(7-13)11-3-4-11/h8-9,11-12H,3-7,13H2,1-2H3. The Balaban J connectivity index is 1.80. The molecule has 2 rings (SSSR count). The molecule has 90 valence electrons. The first-order valence-corrected chi connectivity index (χ1v) is 6.10. The number of hydrogen-bond acceptors (Lipinski definition) is 3. The van der Waals surface area contributed by atoms with Crippen LogP contribution in [0.4, 0.5) is 0 Å². The van der Waals surface area contributed by atoms with Gasteiger partial charge in [-0.05, 0) is 38.3 Å². The van der Waals surface area contributed by atoms with Crippen LogP contribution in [0.5, 0.6) is 0 Å². The fourth-order valence-electron chi connectivity index (χ4n) is 2.23. The molecule has 1 aromatic heterocycles. The normalized spacial score (nSPS) is 18.0. The molecule has 1 heterocycles. The molecule has 0 bridgehead atoms. The van der Waals surface area contributed by atoms with Crippen molar-refractivity contribution in [1.29, 1.82) is 0 Å². The van der Waals surface area contributed by atoms with Crippen LogP contribution in [0.15, 0.2) is 12.4 Å². The first-order valence-electron chi connectivity index (χ1n) is 6.10. The summed E-state index contributed by atoms with van der Waals surface area (Å²) in [6.07, 6.45) is 6.70. The molecule has 1 unspecified atom stereocenters. The molecule has 1 atom stereocenters. The molecule has 16 heavy (non-hydrogen) atoms. The van der Waals surface area contributed by atoms with E-state index in [1.165, 1.54) is 18.4 Å². The van der Waals surface area contributed by atoms with E-state index in [-0.39, 0.29) is 0 Å². The van der Waals surface area contributed by atoms with Gasteiger partial charge in [0.25, 0.3) is 0 Å². The van der Waals surface area contributed by atoms with E-state index in [0.717, 1.165) is 25.6 Å². The maximum Gasteiger partial charge on any atom is 0.0536 e. The van der Waals surface area contributed by atoms with E-state index in [2.05, 4.69) is 30.2 Å². The first-order chi connectivity index (χ1) is 7.70. The molecule has 0 aliphatic heterocycles. The molecule has 1 saturated carbocycles. The molecule has 0 spiro atoms. The summed E-state index contributed by atoms with van der Waals surface area (Å²) in [5.41, 5.74) is 7.05. The molecule has 2 N–H and O–H groups in total. The van der Waals surface area contributed by atoms with Crippen molar-refractivity contribution in [2.24, 2.45) is 11.7 Å². The van der Waals surface area contributed by atoms with Crippen molar-refractivity contribution in [2.75, 3.05) is 20.1 Å². The number of aromatic nitrogens is 2. The van der Waals surface area contributed by atoms with Crippen molar-refractivity contribution in [3.8, 4) is 0 Å². The summed E-state index contributed by atoms with van der Waals surface area (Å²) >= 11 is 0. The number of nitrogens with two attached hydrogens (primary N) is 1. The van der Waals surface area contributed by atoms with Crippen LogP contribution < -0.4 is 5.73 Å². The number of nitrogens with zero attached hydrogens (tertiary/aromatic N) is 3. The van der Waals surface area contributed by atoms with Gasteiger partial charge in [-0.1, -0.05) is 0 Å². The van der Waals surface area contributed by atoms with E-state index in [1.54, 1.807) is 0 Å². The van der Waals surface area contributed by atoms with Crippen LogP contribution in [0, 0.1) is 12.8 Å². The van der Waals surface area contributed by atoms with Gasteiger partial charge in [-0.3, -0.25) is 4.68 Å². The Morgan fingerprint density at radius 2 is 2.38 bits per heavy atom. The average molecular weight is 222 g/mol. The van der Waals surface area contributed by atoms with E-state index in [0.29, 0.717) is 6.04 Å². The van der Waals surface area contributed by atoms with E-state index < -0.39 is 0 Å². The third-order valence-electron chi connectivity index (χ3n) is 3.42. The summed E-state index contributed by atoms with van der Waals surface area (Å²) < 4.78 is 2.01. The third kappa shape index (κ3) is 2.83. The van der Waals surface area contributed by atoms with E-state index >= 15 is 0 Å². The molecule has 0 aromatic carbocycles. The van der Waals surface area contributed by atoms with Gasteiger partial charge in [0.15, 0.2) is 0 Å². The van der Waals surface area contributed by atoms with Gasteiger partial charge < -0.3 is 10.6 Å². The molecule has 4 heteroatoms. The molecular weight excluding hydrogens is 200 g/mol. The lowest BCUT2D eigenvalue weighted by Crippen LogP contribution is -2.41. The highest BCUT2D eigenvalue weighted by Crippen LogP contribution is 2.34. The molecular formula is C12H22N4. The zero-order chi connectivity index (χ0) is 11.5. The number of aryl methyl sites for hydroxylation is 1. The van der Waals surface area contributed by atoms with Crippen LogP contribution >= 0.6 is 0 Å². The summed E-state index contributed by atoms with van der Waals surface area (Å²) in [5.74, 6) is 0.842. The maximum absolute atomic E-state index is 5.82. The van der Waals surface area contributed by atoms with Crippen LogP contribution in [0.2, 0.25) is 0 Å². The third-order valence-corrected chi connectivity index (χ3v) is 3.42. The predicted octanol–water partition coefficient (Wildman–Crippen LogP) is 0.861. The van der Waals surface area contributed by atoms with Gasteiger partial charge in [0, 0.05) is 25.3 Å². The van der Waals surface area contributed by atoms with Crippen molar-refractivity contribution in [3.05, 3.63) is 18.0 Å². The summed E-state index contributed by atoms with van der Waals surface area (Å²) in [6.45, 7) is 4.83. The highest BCUT2D eigenvalue weighted by Gasteiger charge is 2.32. The van der Waals surface area contributed by atoms with Crippen LogP contribution in [0.1, 0.15) is 18.4 Å². The van der Waals surface area contributed by atoms with Gasteiger partial charge in [0.2, 0.25) is 0 Å². The highest BCUT2D eigenvalue weighted by molar-refractivity contribution is 4.99. The largest absolute Gasteiger partial charge is 0.329 e. The quantitative estimate of drug-likeness (QED) is 0.776. The second kappa shape index (κ2) is 4.97. The van der Waals surface area contributed by atoms with Gasteiger partial charge in [-0.25, -0.2) is 0 Å². The molecule has 1 aliphatic carbocycles. The lowest BCUT2D eigenvalue weighted by molar-refractivity contribution is 0.213. The van der Waals surface area contributed by atoms with E-state index in [1.807, 2.05) is 10.9 Å². The molecule has 1 fully saturated rings. The molecule has 0 amide bonds. The van der Waals surface area contributed by atoms with Crippen LogP contribution in [0.3, 0.4) is 0 Å². The van der Waals surface area contributed by atoms with E-state index in [4.69, 9.17) is 5.73 Å². The smallest absolute Gasteiger partial charge is 0.0536 e. The Morgan fingerprint density at radius 1 is 1.62 bits per heavy atom. The van der Waals surface area contributed by atoms with Gasteiger partial charge in [0.1, 0.15) is 0 Å². The van der Waals surface area contributed by atoms with Crippen LogP contribution in [0.25, 0.3) is 0 Å². The van der Waals surface area contributed by atoms with Gasteiger partial charge >= 0.3 is 0 Å². The zero-order valence-corrected chi connectivity index (χ0v) is 10.3. The van der Waals surface area contributed by atoms with Crippen molar-refractivity contribution in [2.45, 2.75) is 32.4 Å². The topological polar surface area (TPSA) is 47.1 Å². The van der Waals surface area contributed by atoms with Crippen molar-refractivity contribution in [1.82, 2.24) is 14.7 Å². The van der Waals surface area contributed by atoms with E-state index in [9.17, 15) is 0 Å². The maximum atomic E-state index is 5.82. The Labute approximate surface area is 97.4 Å². The molecule has 0 radical (unpaired) electrons. The highest BCUT2D eigenvalue weighted by atomic mass is 15.3. The lowest BCUT2D eigenvalue weighted by atomic mass is 10.1. The lowest BCUT2D eigenvalue weighted by Gasteiger charge is -2.26. The van der Waals surface area contributed by atoms with Crippen molar-refractivity contribution < 1.29 is 0 Å². The number of likely N-dealkylation sites (N-methyl/N-ethyl adjacent to an activating group) is 1. The van der Waals surface area contributed by atoms with Gasteiger partial charge in [-0.2, -0.15) is 5.10 Å². The van der Waals surface area contributed by atoms with Crippen molar-refractivity contribution in [3.63, 3.8) is 0 Å². The summed E-state index contributed by atoms with van der Waals surface area (Å²) in [6, 6.07) is 0.566. The molecule has 0 saturated heterocycles. The number of hydrogen-bond donors (Lipinski definition) is 1. The monoisotopic (exact) mass is 222 g/mol. The molecule has 1 aliphatic rings. The predicted molar refractivity (Wildman–Crippen MR) is 65.2 cm³/mol. The van der Waals surface area contributed by atoms with Crippen molar-refractivity contribution >= 4 is 0 Å². The minimum absolute atomic E-state index is 0.566. The minimum atomic E-state index is 0.566. The fraction of sp³-hybridized carbons (Fsp3) is 0.750. The minimum Gasteiger partial charge on any atom is -0.329 e. The second-order valence-corrected chi connectivity index (χ2v) is 4.90. The molecule has 1 aromatic rings. The SMILES string of the molecule is Cc1cnn(CCN(C)C(CN)C2CC2)c1. The number of rotatable bonds is 6. The summed E-state index contributed by atoms with van der Waals surface area (Å²) in [5, 5.41) is 4.29. The summed E-state index contributed by atoms with van der Waals surface area (Å²) in [4.78, 5) is 2.38.